The van der Waals surface area contributed by atoms with Gasteiger partial charge in [-0.15, -0.1) is 0 Å². The number of rotatable bonds is 5. The molecule has 2 aromatic rings. The summed E-state index contributed by atoms with van der Waals surface area (Å²) < 4.78 is 5.27. The number of aryl methyl sites for hydroxylation is 2. The smallest absolute Gasteiger partial charge is 0.339 e. The van der Waals surface area contributed by atoms with Crippen LogP contribution in [-0.4, -0.2) is 23.8 Å². The average molecular weight is 339 g/mol. The molecule has 0 heterocycles. The van der Waals surface area contributed by atoms with Crippen LogP contribution in [0.3, 0.4) is 0 Å². The highest BCUT2D eigenvalue weighted by Crippen LogP contribution is 2.15. The van der Waals surface area contributed by atoms with Crippen LogP contribution < -0.4 is 5.32 Å². The summed E-state index contributed by atoms with van der Waals surface area (Å²) in [5.41, 5.74) is 3.15. The molecule has 0 aromatic heterocycles. The summed E-state index contributed by atoms with van der Waals surface area (Å²) >= 11 is 0. The summed E-state index contributed by atoms with van der Waals surface area (Å²) in [5, 5.41) is 2.65. The van der Waals surface area contributed by atoms with Crippen molar-refractivity contribution in [2.75, 3.05) is 5.32 Å². The highest BCUT2D eigenvalue weighted by Gasteiger charge is 2.20. The molecule has 5 nitrogen and oxygen atoms in total. The van der Waals surface area contributed by atoms with Crippen LogP contribution in [0.15, 0.2) is 42.5 Å². The summed E-state index contributed by atoms with van der Waals surface area (Å²) in [5.74, 6) is -1.09. The van der Waals surface area contributed by atoms with Crippen molar-refractivity contribution >= 4 is 23.3 Å². The van der Waals surface area contributed by atoms with E-state index < -0.39 is 18.0 Å². The van der Waals surface area contributed by atoms with E-state index in [1.54, 1.807) is 30.3 Å². The van der Waals surface area contributed by atoms with Crippen molar-refractivity contribution < 1.29 is 19.1 Å². The van der Waals surface area contributed by atoms with Crippen molar-refractivity contribution in [3.05, 3.63) is 64.7 Å². The molecule has 1 N–H and O–H groups in total. The maximum atomic E-state index is 12.3. The Morgan fingerprint density at radius 1 is 1.04 bits per heavy atom. The number of carbonyl (C=O) groups is 3. The van der Waals surface area contributed by atoms with Gasteiger partial charge < -0.3 is 10.1 Å². The van der Waals surface area contributed by atoms with Crippen molar-refractivity contribution in [3.63, 3.8) is 0 Å². The van der Waals surface area contributed by atoms with Crippen molar-refractivity contribution in [2.45, 2.75) is 33.8 Å². The predicted octanol–water partition coefficient (Wildman–Crippen LogP) is 3.69. The SMILES string of the molecule is CC(=O)c1cccc(NC(=O)[C@H](C)OC(=O)c2cc(C)ccc2C)c1. The topological polar surface area (TPSA) is 72.5 Å². The lowest BCUT2D eigenvalue weighted by Crippen LogP contribution is -2.30. The van der Waals surface area contributed by atoms with E-state index in [1.807, 2.05) is 26.0 Å². The van der Waals surface area contributed by atoms with E-state index in [9.17, 15) is 14.4 Å². The zero-order chi connectivity index (χ0) is 18.6. The third kappa shape index (κ3) is 4.76. The molecule has 0 radical (unpaired) electrons. The van der Waals surface area contributed by atoms with E-state index in [1.165, 1.54) is 13.8 Å². The molecule has 130 valence electrons. The first-order valence-corrected chi connectivity index (χ1v) is 7.98. The maximum absolute atomic E-state index is 12.3. The number of amides is 1. The van der Waals surface area contributed by atoms with Crippen molar-refractivity contribution in [1.82, 2.24) is 0 Å². The van der Waals surface area contributed by atoms with Gasteiger partial charge in [0.1, 0.15) is 0 Å². The molecule has 0 aliphatic heterocycles. The van der Waals surface area contributed by atoms with Crippen LogP contribution in [0.2, 0.25) is 0 Å². The Morgan fingerprint density at radius 3 is 2.44 bits per heavy atom. The molecule has 0 saturated heterocycles. The minimum absolute atomic E-state index is 0.0921. The number of benzene rings is 2. The molecule has 0 aliphatic rings. The molecule has 2 rings (SSSR count). The summed E-state index contributed by atoms with van der Waals surface area (Å²) in [7, 11) is 0. The molecule has 25 heavy (non-hydrogen) atoms. The van der Waals surface area contributed by atoms with Gasteiger partial charge in [-0.2, -0.15) is 0 Å². The Kier molecular flexibility index (Phi) is 5.70. The van der Waals surface area contributed by atoms with E-state index >= 15 is 0 Å². The number of nitrogens with one attached hydrogen (secondary N) is 1. The molecule has 2 aromatic carbocycles. The van der Waals surface area contributed by atoms with Gasteiger partial charge in [-0.25, -0.2) is 4.79 Å². The fourth-order valence-corrected chi connectivity index (χ4v) is 2.29. The van der Waals surface area contributed by atoms with Gasteiger partial charge in [0, 0.05) is 11.3 Å². The van der Waals surface area contributed by atoms with Crippen molar-refractivity contribution in [2.24, 2.45) is 0 Å². The lowest BCUT2D eigenvalue weighted by Gasteiger charge is -2.15. The number of anilines is 1. The summed E-state index contributed by atoms with van der Waals surface area (Å²) in [4.78, 5) is 35.9. The third-order valence-corrected chi connectivity index (χ3v) is 3.80. The monoisotopic (exact) mass is 339 g/mol. The van der Waals surface area contributed by atoms with Crippen molar-refractivity contribution in [3.8, 4) is 0 Å². The normalized spacial score (nSPS) is 11.5. The summed E-state index contributed by atoms with van der Waals surface area (Å²) in [6.45, 7) is 6.66. The first-order chi connectivity index (χ1) is 11.8. The van der Waals surface area contributed by atoms with Gasteiger partial charge in [-0.3, -0.25) is 9.59 Å². The minimum atomic E-state index is -0.964. The standard InChI is InChI=1S/C20H21NO4/c1-12-8-9-13(2)18(10-12)20(24)25-15(4)19(23)21-17-7-5-6-16(11-17)14(3)22/h5-11,15H,1-4H3,(H,21,23)/t15-/m0/s1. The number of hydrogen-bond acceptors (Lipinski definition) is 4. The Labute approximate surface area is 147 Å². The van der Waals surface area contributed by atoms with Crippen LogP contribution >= 0.6 is 0 Å². The maximum Gasteiger partial charge on any atom is 0.339 e. The zero-order valence-corrected chi connectivity index (χ0v) is 14.8. The van der Waals surface area contributed by atoms with Gasteiger partial charge in [0.2, 0.25) is 0 Å². The van der Waals surface area contributed by atoms with Gasteiger partial charge in [0.25, 0.3) is 5.91 Å². The molecule has 1 amide bonds. The molecule has 1 atom stereocenters. The largest absolute Gasteiger partial charge is 0.449 e. The van der Waals surface area contributed by atoms with Gasteiger partial charge in [-0.05, 0) is 51.5 Å². The summed E-state index contributed by atoms with van der Waals surface area (Å²) in [6.07, 6.45) is -0.964. The number of ketones is 1. The van der Waals surface area contributed by atoms with E-state index in [0.29, 0.717) is 16.8 Å². The van der Waals surface area contributed by atoms with Crippen LogP contribution in [-0.2, 0) is 9.53 Å². The number of esters is 1. The van der Waals surface area contributed by atoms with E-state index in [2.05, 4.69) is 5.32 Å². The zero-order valence-electron chi connectivity index (χ0n) is 14.8. The molecular weight excluding hydrogens is 318 g/mol. The number of hydrogen-bond donors (Lipinski definition) is 1. The average Bonchev–Trinajstić information content (AvgIpc) is 2.57. The highest BCUT2D eigenvalue weighted by molar-refractivity contribution is 5.99. The Bertz CT molecular complexity index is 826. The van der Waals surface area contributed by atoms with E-state index in [0.717, 1.165) is 11.1 Å². The molecule has 0 bridgehead atoms. The number of ether oxygens (including phenoxy) is 1. The minimum Gasteiger partial charge on any atom is -0.449 e. The molecule has 0 spiro atoms. The van der Waals surface area contributed by atoms with Gasteiger partial charge in [-0.1, -0.05) is 29.8 Å². The van der Waals surface area contributed by atoms with Gasteiger partial charge in [0.05, 0.1) is 5.56 Å². The van der Waals surface area contributed by atoms with E-state index in [4.69, 9.17) is 4.74 Å². The van der Waals surface area contributed by atoms with Crippen LogP contribution in [0.4, 0.5) is 5.69 Å². The Morgan fingerprint density at radius 2 is 1.76 bits per heavy atom. The molecular formula is C20H21NO4. The number of Topliss-reactive ketones (excluding diaryl/α,β-unsaturated/α-hetero) is 1. The van der Waals surface area contributed by atoms with Crippen LogP contribution in [0.5, 0.6) is 0 Å². The fourth-order valence-electron chi connectivity index (χ4n) is 2.29. The Hall–Kier alpha value is -2.95. The molecule has 0 aliphatic carbocycles. The molecule has 0 fully saturated rings. The Balaban J connectivity index is 2.05. The second-order valence-electron chi connectivity index (χ2n) is 5.99. The van der Waals surface area contributed by atoms with Crippen LogP contribution in [0.1, 0.15) is 45.7 Å². The highest BCUT2D eigenvalue weighted by atomic mass is 16.5. The van der Waals surface area contributed by atoms with Crippen LogP contribution in [0, 0.1) is 13.8 Å². The molecule has 0 saturated carbocycles. The molecule has 0 unspecified atom stereocenters. The lowest BCUT2D eigenvalue weighted by molar-refractivity contribution is -0.123. The first-order valence-electron chi connectivity index (χ1n) is 7.98. The molecule has 5 heteroatoms. The number of carbonyl (C=O) groups excluding carboxylic acids is 3. The first kappa shape index (κ1) is 18.4. The van der Waals surface area contributed by atoms with Gasteiger partial charge >= 0.3 is 5.97 Å². The fraction of sp³-hybridized carbons (Fsp3) is 0.250. The second-order valence-corrected chi connectivity index (χ2v) is 5.99. The van der Waals surface area contributed by atoms with E-state index in [-0.39, 0.29) is 5.78 Å². The quantitative estimate of drug-likeness (QED) is 0.666. The summed E-state index contributed by atoms with van der Waals surface area (Å²) in [6, 6.07) is 12.1. The predicted molar refractivity (Wildman–Crippen MR) is 95.9 cm³/mol. The van der Waals surface area contributed by atoms with Gasteiger partial charge in [0.15, 0.2) is 11.9 Å². The second kappa shape index (κ2) is 7.75. The van der Waals surface area contributed by atoms with Crippen molar-refractivity contribution in [1.29, 1.82) is 0 Å². The van der Waals surface area contributed by atoms with Crippen LogP contribution in [0.25, 0.3) is 0 Å². The third-order valence-electron chi connectivity index (χ3n) is 3.80. The lowest BCUT2D eigenvalue weighted by atomic mass is 10.1.